The summed E-state index contributed by atoms with van der Waals surface area (Å²) in [6.07, 6.45) is -10.8. The summed E-state index contributed by atoms with van der Waals surface area (Å²) in [5, 5.41) is 0. The summed E-state index contributed by atoms with van der Waals surface area (Å²) >= 11 is -4.03. The Hall–Kier alpha value is -0.350. The van der Waals surface area contributed by atoms with Crippen LogP contribution in [0.4, 0.5) is 26.3 Å². The lowest BCUT2D eigenvalue weighted by molar-refractivity contribution is -0.339. The van der Waals surface area contributed by atoms with E-state index in [0.717, 1.165) is 0 Å². The van der Waals surface area contributed by atoms with E-state index in [1.54, 1.807) is 0 Å². The van der Waals surface area contributed by atoms with Crippen molar-refractivity contribution in [3.05, 3.63) is 0 Å². The van der Waals surface area contributed by atoms with E-state index in [9.17, 15) is 35.1 Å². The van der Waals surface area contributed by atoms with Gasteiger partial charge in [0.05, 0.1) is 11.4 Å². The Morgan fingerprint density at radius 1 is 1.23 bits per heavy atom. The van der Waals surface area contributed by atoms with Crippen molar-refractivity contribution >= 4 is 11.4 Å². The summed E-state index contributed by atoms with van der Waals surface area (Å²) in [5.41, 5.74) is 0. The molecular weight excluding hydrogens is 230 g/mol. The first-order valence-corrected chi connectivity index (χ1v) is 3.44. The van der Waals surface area contributed by atoms with Gasteiger partial charge in [0.1, 0.15) is 0 Å². The maximum Gasteiger partial charge on any atom is 0.455 e. The van der Waals surface area contributed by atoms with Gasteiger partial charge in [-0.1, -0.05) is 0 Å². The fourth-order valence-electron chi connectivity index (χ4n) is 0.306. The van der Waals surface area contributed by atoms with Crippen LogP contribution in [0.5, 0.6) is 0 Å². The Labute approximate surface area is 70.2 Å². The Kier molecular flexibility index (Phi) is 3.70. The summed E-state index contributed by atoms with van der Waals surface area (Å²) in [6, 6.07) is 0. The molecule has 0 saturated heterocycles. The van der Waals surface area contributed by atoms with Gasteiger partial charge in [-0.05, 0) is 0 Å². The third-order valence-electron chi connectivity index (χ3n) is 0.857. The van der Waals surface area contributed by atoms with Crippen molar-refractivity contribution in [3.8, 4) is 0 Å². The Morgan fingerprint density at radius 2 is 1.62 bits per heavy atom. The molecule has 0 rings (SSSR count). The smallest absolute Gasteiger partial charge is 0.455 e. The second kappa shape index (κ2) is 3.80. The van der Waals surface area contributed by atoms with Crippen molar-refractivity contribution in [2.45, 2.75) is 18.5 Å². The van der Waals surface area contributed by atoms with Crippen molar-refractivity contribution in [2.24, 2.45) is 0 Å². The van der Waals surface area contributed by atoms with Crippen LogP contribution in [0.15, 0.2) is 0 Å². The van der Waals surface area contributed by atoms with Crippen molar-refractivity contribution in [2.75, 3.05) is 0 Å². The predicted octanol–water partition coefficient (Wildman–Crippen LogP) is 1.29. The Morgan fingerprint density at radius 3 is 1.69 bits per heavy atom. The monoisotopic (exact) mass is 231 g/mol. The van der Waals surface area contributed by atoms with Gasteiger partial charge in [0.25, 0.3) is 0 Å². The molecule has 2 atom stereocenters. The quantitative estimate of drug-likeness (QED) is 0.543. The van der Waals surface area contributed by atoms with Gasteiger partial charge in [0.2, 0.25) is 0 Å². The van der Waals surface area contributed by atoms with Crippen LogP contribution in [-0.4, -0.2) is 27.2 Å². The molecule has 0 fully saturated rings. The number of alkyl halides is 6. The molecule has 0 bridgehead atoms. The summed E-state index contributed by atoms with van der Waals surface area (Å²) in [4.78, 5) is 0. The van der Waals surface area contributed by atoms with Gasteiger partial charge in [-0.25, -0.2) is 17.2 Å². The average molecular weight is 231 g/mol. The molecule has 0 aromatic rings. The maximum atomic E-state index is 12.2. The molecule has 0 radical (unpaired) electrons. The van der Waals surface area contributed by atoms with Crippen LogP contribution in [0, 0.1) is 0 Å². The minimum absolute atomic E-state index is 2.44. The average Bonchev–Trinajstić information content (AvgIpc) is 1.82. The van der Waals surface area contributed by atoms with Crippen LogP contribution in [0.2, 0.25) is 0 Å². The first-order chi connectivity index (χ1) is 5.61. The van der Waals surface area contributed by atoms with Crippen molar-refractivity contribution < 1.29 is 39.3 Å². The second-order valence-corrected chi connectivity index (χ2v) is 2.31. The Balaban J connectivity index is 4.85. The molecule has 0 amide bonds. The SMILES string of the molecule is O=S([O-])OC(F)(C(F)F)C(F)(F)F. The number of hydrogen-bond acceptors (Lipinski definition) is 3. The molecule has 2 unspecified atom stereocenters. The molecule has 0 aliphatic rings. The fourth-order valence-corrected chi connectivity index (χ4v) is 0.672. The molecule has 80 valence electrons. The molecule has 0 aromatic heterocycles. The topological polar surface area (TPSA) is 49.4 Å². The highest BCUT2D eigenvalue weighted by atomic mass is 32.2. The van der Waals surface area contributed by atoms with E-state index in [1.807, 2.05) is 0 Å². The molecule has 0 aliphatic carbocycles. The molecule has 3 nitrogen and oxygen atoms in total. The van der Waals surface area contributed by atoms with Gasteiger partial charge in [0, 0.05) is 0 Å². The van der Waals surface area contributed by atoms with E-state index in [0.29, 0.717) is 0 Å². The summed E-state index contributed by atoms with van der Waals surface area (Å²) < 4.78 is 90.8. The molecule has 0 saturated carbocycles. The largest absolute Gasteiger partial charge is 0.750 e. The lowest BCUT2D eigenvalue weighted by Crippen LogP contribution is -2.50. The summed E-state index contributed by atoms with van der Waals surface area (Å²) in [5.74, 6) is -5.49. The van der Waals surface area contributed by atoms with E-state index >= 15 is 0 Å². The summed E-state index contributed by atoms with van der Waals surface area (Å²) in [6.45, 7) is 0. The number of rotatable bonds is 3. The van der Waals surface area contributed by atoms with Crippen LogP contribution in [-0.2, 0) is 15.5 Å². The zero-order valence-electron chi connectivity index (χ0n) is 5.48. The lowest BCUT2D eigenvalue weighted by Gasteiger charge is -2.26. The van der Waals surface area contributed by atoms with Crippen molar-refractivity contribution in [1.82, 2.24) is 0 Å². The van der Waals surface area contributed by atoms with Gasteiger partial charge in [-0.3, -0.25) is 0 Å². The van der Waals surface area contributed by atoms with E-state index in [4.69, 9.17) is 0 Å². The highest BCUT2D eigenvalue weighted by Gasteiger charge is 2.65. The lowest BCUT2D eigenvalue weighted by atomic mass is 10.3. The molecule has 0 spiro atoms. The third kappa shape index (κ3) is 2.81. The Bertz CT molecular complexity index is 204. The normalized spacial score (nSPS) is 20.0. The van der Waals surface area contributed by atoms with Crippen LogP contribution < -0.4 is 0 Å². The minimum Gasteiger partial charge on any atom is -0.750 e. The fraction of sp³-hybridized carbons (Fsp3) is 1.00. The van der Waals surface area contributed by atoms with E-state index in [-0.39, 0.29) is 0 Å². The predicted molar refractivity (Wildman–Crippen MR) is 25.9 cm³/mol. The molecule has 0 aromatic carbocycles. The van der Waals surface area contributed by atoms with E-state index < -0.39 is 29.8 Å². The second-order valence-electron chi connectivity index (χ2n) is 1.73. The van der Waals surface area contributed by atoms with Gasteiger partial charge in [0.15, 0.2) is 0 Å². The number of halogens is 6. The molecule has 13 heavy (non-hydrogen) atoms. The highest BCUT2D eigenvalue weighted by Crippen LogP contribution is 2.40. The van der Waals surface area contributed by atoms with Gasteiger partial charge < -0.3 is 4.55 Å². The number of hydrogen-bond donors (Lipinski definition) is 0. The molecular formula is C3HF6O3S-. The van der Waals surface area contributed by atoms with Crippen LogP contribution in [0.25, 0.3) is 0 Å². The highest BCUT2D eigenvalue weighted by molar-refractivity contribution is 7.74. The van der Waals surface area contributed by atoms with Gasteiger partial charge in [-0.2, -0.15) is 17.6 Å². The molecule has 0 N–H and O–H groups in total. The van der Waals surface area contributed by atoms with E-state index in [1.165, 1.54) is 0 Å². The van der Waals surface area contributed by atoms with Crippen molar-refractivity contribution in [1.29, 1.82) is 0 Å². The summed E-state index contributed by atoms with van der Waals surface area (Å²) in [7, 11) is 0. The first-order valence-electron chi connectivity index (χ1n) is 2.44. The van der Waals surface area contributed by atoms with Gasteiger partial charge in [-0.15, -0.1) is 0 Å². The third-order valence-corrected chi connectivity index (χ3v) is 1.24. The van der Waals surface area contributed by atoms with Gasteiger partial charge >= 0.3 is 18.5 Å². The zero-order valence-corrected chi connectivity index (χ0v) is 6.29. The van der Waals surface area contributed by atoms with E-state index in [2.05, 4.69) is 4.18 Å². The zero-order chi connectivity index (χ0) is 10.9. The maximum absolute atomic E-state index is 12.2. The molecule has 0 aliphatic heterocycles. The molecule has 10 heteroatoms. The van der Waals surface area contributed by atoms with Crippen LogP contribution in [0.1, 0.15) is 0 Å². The van der Waals surface area contributed by atoms with Crippen molar-refractivity contribution in [3.63, 3.8) is 0 Å². The van der Waals surface area contributed by atoms with Crippen LogP contribution >= 0.6 is 0 Å². The standard InChI is InChI=1S/C3H2F6O3S/c4-1(5)2(6,3(7,8)9)12-13(10)11/h1H,(H,10,11)/p-1. The first kappa shape index (κ1) is 12.7. The van der Waals surface area contributed by atoms with Crippen LogP contribution in [0.3, 0.4) is 0 Å². The minimum atomic E-state index is -6.12. The molecule has 0 heterocycles.